The Balaban J connectivity index is 1.83. The molecule has 108 valence electrons. The first kappa shape index (κ1) is 13.9. The molecule has 3 rings (SSSR count). The highest BCUT2D eigenvalue weighted by molar-refractivity contribution is 6.20. The molecule has 0 amide bonds. The summed E-state index contributed by atoms with van der Waals surface area (Å²) < 4.78 is 2.29. The zero-order valence-corrected chi connectivity index (χ0v) is 12.8. The van der Waals surface area contributed by atoms with Gasteiger partial charge in [-0.1, -0.05) is 18.6 Å². The fraction of sp³-hybridized carbons (Fsp3) is 0.562. The first-order valence-corrected chi connectivity index (χ1v) is 8.01. The van der Waals surface area contributed by atoms with Crippen molar-refractivity contribution in [3.05, 3.63) is 30.1 Å². The first-order valence-electron chi connectivity index (χ1n) is 7.57. The second kappa shape index (κ2) is 6.15. The molecule has 0 bridgehead atoms. The lowest BCUT2D eigenvalue weighted by Gasteiger charge is -2.27. The molecule has 0 spiro atoms. The van der Waals surface area contributed by atoms with Crippen molar-refractivity contribution in [1.82, 2.24) is 14.5 Å². The van der Waals surface area contributed by atoms with Gasteiger partial charge in [0.1, 0.15) is 5.82 Å². The van der Waals surface area contributed by atoms with Gasteiger partial charge in [0, 0.05) is 13.1 Å². The average molecular weight is 292 g/mol. The summed E-state index contributed by atoms with van der Waals surface area (Å²) in [5, 5.41) is -0.0521. The van der Waals surface area contributed by atoms with Crippen LogP contribution in [0.3, 0.4) is 0 Å². The number of para-hydroxylation sites is 2. The van der Waals surface area contributed by atoms with Gasteiger partial charge in [0.25, 0.3) is 0 Å². The fourth-order valence-corrected chi connectivity index (χ4v) is 3.22. The van der Waals surface area contributed by atoms with E-state index in [-0.39, 0.29) is 5.38 Å². The topological polar surface area (TPSA) is 21.1 Å². The van der Waals surface area contributed by atoms with Gasteiger partial charge in [-0.2, -0.15) is 0 Å². The molecule has 20 heavy (non-hydrogen) atoms. The van der Waals surface area contributed by atoms with Crippen molar-refractivity contribution in [2.24, 2.45) is 0 Å². The van der Waals surface area contributed by atoms with E-state index in [9.17, 15) is 0 Å². The third-order valence-corrected chi connectivity index (χ3v) is 4.32. The maximum Gasteiger partial charge on any atom is 0.127 e. The van der Waals surface area contributed by atoms with Crippen molar-refractivity contribution in [1.29, 1.82) is 0 Å². The number of piperidine rings is 1. The van der Waals surface area contributed by atoms with Gasteiger partial charge in [0.15, 0.2) is 0 Å². The molecular weight excluding hydrogens is 270 g/mol. The molecule has 0 saturated carbocycles. The largest absolute Gasteiger partial charge is 0.325 e. The van der Waals surface area contributed by atoms with Gasteiger partial charge in [-0.05, 0) is 45.0 Å². The molecule has 1 unspecified atom stereocenters. The van der Waals surface area contributed by atoms with E-state index in [1.165, 1.54) is 37.9 Å². The average Bonchev–Trinajstić information content (AvgIpc) is 2.85. The number of imidazole rings is 1. The Labute approximate surface area is 125 Å². The van der Waals surface area contributed by atoms with Crippen LogP contribution in [0.5, 0.6) is 0 Å². The van der Waals surface area contributed by atoms with E-state index in [0.717, 1.165) is 24.4 Å². The number of halogens is 1. The van der Waals surface area contributed by atoms with Crippen LogP contribution in [-0.2, 0) is 6.54 Å². The number of nitrogens with zero attached hydrogens (tertiary/aromatic N) is 3. The highest BCUT2D eigenvalue weighted by atomic mass is 35.5. The van der Waals surface area contributed by atoms with Gasteiger partial charge in [-0.25, -0.2) is 4.98 Å². The molecule has 2 aromatic rings. The van der Waals surface area contributed by atoms with E-state index < -0.39 is 0 Å². The molecule has 1 saturated heterocycles. The Morgan fingerprint density at radius 3 is 2.65 bits per heavy atom. The van der Waals surface area contributed by atoms with E-state index in [4.69, 9.17) is 11.6 Å². The van der Waals surface area contributed by atoms with E-state index in [1.54, 1.807) is 0 Å². The predicted molar refractivity (Wildman–Crippen MR) is 84.3 cm³/mol. The molecule has 1 atom stereocenters. The van der Waals surface area contributed by atoms with Gasteiger partial charge in [-0.15, -0.1) is 11.6 Å². The highest BCUT2D eigenvalue weighted by Crippen LogP contribution is 2.24. The maximum atomic E-state index is 6.30. The minimum atomic E-state index is -0.0521. The number of benzene rings is 1. The number of hydrogen-bond donors (Lipinski definition) is 0. The van der Waals surface area contributed by atoms with Crippen LogP contribution in [0.4, 0.5) is 0 Å². The Morgan fingerprint density at radius 1 is 1.15 bits per heavy atom. The zero-order valence-electron chi connectivity index (χ0n) is 12.1. The smallest absolute Gasteiger partial charge is 0.127 e. The van der Waals surface area contributed by atoms with Crippen molar-refractivity contribution in [3.63, 3.8) is 0 Å². The summed E-state index contributed by atoms with van der Waals surface area (Å²) in [6.07, 6.45) is 4.06. The second-order valence-corrected chi connectivity index (χ2v) is 6.28. The van der Waals surface area contributed by atoms with Crippen molar-refractivity contribution in [2.45, 2.75) is 38.1 Å². The first-order chi connectivity index (χ1) is 9.75. The van der Waals surface area contributed by atoms with Crippen molar-refractivity contribution >= 4 is 22.6 Å². The molecule has 1 aliphatic heterocycles. The summed E-state index contributed by atoms with van der Waals surface area (Å²) in [6.45, 7) is 6.54. The van der Waals surface area contributed by atoms with E-state index >= 15 is 0 Å². The summed E-state index contributed by atoms with van der Waals surface area (Å²) in [7, 11) is 0. The van der Waals surface area contributed by atoms with Crippen LogP contribution in [0.1, 0.15) is 37.4 Å². The van der Waals surface area contributed by atoms with E-state index in [2.05, 4.69) is 32.7 Å². The van der Waals surface area contributed by atoms with Crippen LogP contribution in [0.25, 0.3) is 11.0 Å². The molecule has 2 heterocycles. The third kappa shape index (κ3) is 2.84. The van der Waals surface area contributed by atoms with Gasteiger partial charge < -0.3 is 9.47 Å². The second-order valence-electron chi connectivity index (χ2n) is 5.63. The van der Waals surface area contributed by atoms with E-state index in [0.29, 0.717) is 0 Å². The number of fused-ring (bicyclic) bond motifs is 1. The summed E-state index contributed by atoms with van der Waals surface area (Å²) in [6, 6.07) is 8.31. The Morgan fingerprint density at radius 2 is 1.90 bits per heavy atom. The predicted octanol–water partition coefficient (Wildman–Crippen LogP) is 3.82. The molecule has 0 N–H and O–H groups in total. The van der Waals surface area contributed by atoms with Crippen molar-refractivity contribution < 1.29 is 0 Å². The molecule has 3 nitrogen and oxygen atoms in total. The molecule has 1 aromatic carbocycles. The number of hydrogen-bond acceptors (Lipinski definition) is 2. The molecule has 1 aliphatic rings. The van der Waals surface area contributed by atoms with Crippen LogP contribution in [0.2, 0.25) is 0 Å². The van der Waals surface area contributed by atoms with Crippen LogP contribution >= 0.6 is 11.6 Å². The molecule has 1 fully saturated rings. The summed E-state index contributed by atoms with van der Waals surface area (Å²) in [5.74, 6) is 0.991. The lowest BCUT2D eigenvalue weighted by atomic mass is 10.1. The maximum absolute atomic E-state index is 6.30. The molecule has 1 aromatic heterocycles. The number of rotatable bonds is 4. The summed E-state index contributed by atoms with van der Waals surface area (Å²) >= 11 is 6.30. The van der Waals surface area contributed by atoms with Crippen LogP contribution < -0.4 is 0 Å². The normalized spacial score (nSPS) is 18.5. The lowest BCUT2D eigenvalue weighted by Crippen LogP contribution is -2.32. The summed E-state index contributed by atoms with van der Waals surface area (Å²) in [4.78, 5) is 7.24. The molecule has 0 radical (unpaired) electrons. The van der Waals surface area contributed by atoms with Gasteiger partial charge in [0.05, 0.1) is 16.4 Å². The molecule has 0 aliphatic carbocycles. The lowest BCUT2D eigenvalue weighted by molar-refractivity contribution is 0.221. The number of alkyl halides is 1. The SMILES string of the molecule is CC(Cl)c1nc2ccccc2n1CCN1CCCCC1. The van der Waals surface area contributed by atoms with Crippen LogP contribution in [0, 0.1) is 0 Å². The van der Waals surface area contributed by atoms with Gasteiger partial charge >= 0.3 is 0 Å². The van der Waals surface area contributed by atoms with Gasteiger partial charge in [0.2, 0.25) is 0 Å². The number of aromatic nitrogens is 2. The van der Waals surface area contributed by atoms with Crippen LogP contribution in [0.15, 0.2) is 24.3 Å². The summed E-state index contributed by atoms with van der Waals surface area (Å²) in [5.41, 5.74) is 2.25. The fourth-order valence-electron chi connectivity index (χ4n) is 3.06. The minimum absolute atomic E-state index is 0.0521. The van der Waals surface area contributed by atoms with E-state index in [1.807, 2.05) is 13.0 Å². The van der Waals surface area contributed by atoms with Crippen LogP contribution in [-0.4, -0.2) is 34.1 Å². The van der Waals surface area contributed by atoms with Crippen molar-refractivity contribution in [2.75, 3.05) is 19.6 Å². The zero-order chi connectivity index (χ0) is 13.9. The molecular formula is C16H22ClN3. The van der Waals surface area contributed by atoms with Crippen molar-refractivity contribution in [3.8, 4) is 0 Å². The molecule has 4 heteroatoms. The monoisotopic (exact) mass is 291 g/mol. The third-order valence-electron chi connectivity index (χ3n) is 4.13. The minimum Gasteiger partial charge on any atom is -0.325 e. The highest BCUT2D eigenvalue weighted by Gasteiger charge is 2.16. The van der Waals surface area contributed by atoms with Gasteiger partial charge in [-0.3, -0.25) is 0 Å². The Kier molecular flexibility index (Phi) is 4.27. The Bertz CT molecular complexity index is 570. The Hall–Kier alpha value is -1.06. The standard InChI is InChI=1S/C16H22ClN3/c1-13(17)16-18-14-7-3-4-8-15(14)20(16)12-11-19-9-5-2-6-10-19/h3-4,7-8,13H,2,5-6,9-12H2,1H3. The quantitative estimate of drug-likeness (QED) is 0.799. The number of likely N-dealkylation sites (tertiary alicyclic amines) is 1.